The van der Waals surface area contributed by atoms with Gasteiger partial charge >= 0.3 is 0 Å². The van der Waals surface area contributed by atoms with Gasteiger partial charge in [0.25, 0.3) is 0 Å². The Morgan fingerprint density at radius 2 is 1.81 bits per heavy atom. The fourth-order valence-corrected chi connectivity index (χ4v) is 2.78. The average Bonchev–Trinajstić information content (AvgIpc) is 2.79. The highest BCUT2D eigenvalue weighted by atomic mass is 16.5. The van der Waals surface area contributed by atoms with Crippen molar-refractivity contribution < 1.29 is 19.0 Å². The van der Waals surface area contributed by atoms with Gasteiger partial charge in [0.2, 0.25) is 5.91 Å². The van der Waals surface area contributed by atoms with Gasteiger partial charge in [-0.2, -0.15) is 0 Å². The van der Waals surface area contributed by atoms with Gasteiger partial charge in [0, 0.05) is 12.3 Å². The quantitative estimate of drug-likeness (QED) is 0.375. The van der Waals surface area contributed by atoms with Gasteiger partial charge in [0.05, 0.1) is 18.5 Å². The van der Waals surface area contributed by atoms with Crippen molar-refractivity contribution >= 4 is 17.7 Å². The molecule has 6 heteroatoms. The SMILES string of the molecule is CCOc1cc(/C=C/C(=O)Nc2cnccc2C)ccc1OCCOc1ccccc1. The first-order valence-electron chi connectivity index (χ1n) is 10.1. The van der Waals surface area contributed by atoms with Crippen LogP contribution in [0.5, 0.6) is 17.2 Å². The molecule has 31 heavy (non-hydrogen) atoms. The molecule has 0 spiro atoms. The molecular formula is C25H26N2O4. The number of rotatable bonds is 10. The van der Waals surface area contributed by atoms with Gasteiger partial charge in [0.1, 0.15) is 19.0 Å². The van der Waals surface area contributed by atoms with E-state index in [0.29, 0.717) is 37.0 Å². The van der Waals surface area contributed by atoms with E-state index in [-0.39, 0.29) is 5.91 Å². The molecule has 0 fully saturated rings. The molecule has 0 radical (unpaired) electrons. The Labute approximate surface area is 182 Å². The Morgan fingerprint density at radius 1 is 1.00 bits per heavy atom. The zero-order chi connectivity index (χ0) is 21.9. The first-order chi connectivity index (χ1) is 15.2. The maximum absolute atomic E-state index is 12.2. The highest BCUT2D eigenvalue weighted by Crippen LogP contribution is 2.29. The third kappa shape index (κ3) is 6.89. The summed E-state index contributed by atoms with van der Waals surface area (Å²) in [6.45, 7) is 5.14. The third-order valence-corrected chi connectivity index (χ3v) is 4.34. The van der Waals surface area contributed by atoms with E-state index < -0.39 is 0 Å². The molecule has 0 saturated heterocycles. The van der Waals surface area contributed by atoms with Crippen LogP contribution in [-0.2, 0) is 4.79 Å². The first-order valence-corrected chi connectivity index (χ1v) is 10.1. The van der Waals surface area contributed by atoms with Crippen LogP contribution in [0.1, 0.15) is 18.1 Å². The fourth-order valence-electron chi connectivity index (χ4n) is 2.78. The summed E-state index contributed by atoms with van der Waals surface area (Å²) in [5.41, 5.74) is 2.47. The zero-order valence-electron chi connectivity index (χ0n) is 17.7. The molecular weight excluding hydrogens is 392 g/mol. The number of amides is 1. The van der Waals surface area contributed by atoms with Crippen molar-refractivity contribution in [3.8, 4) is 17.2 Å². The summed E-state index contributed by atoms with van der Waals surface area (Å²) in [5.74, 6) is 1.82. The first kappa shape index (κ1) is 21.9. The van der Waals surface area contributed by atoms with Crippen molar-refractivity contribution in [1.82, 2.24) is 4.98 Å². The Bertz CT molecular complexity index is 1020. The molecule has 2 aromatic carbocycles. The van der Waals surface area contributed by atoms with Crippen LogP contribution in [0, 0.1) is 6.92 Å². The van der Waals surface area contributed by atoms with Gasteiger partial charge in [-0.05, 0) is 61.4 Å². The second-order valence-electron chi connectivity index (χ2n) is 6.66. The number of nitrogens with zero attached hydrogens (tertiary/aromatic N) is 1. The molecule has 0 unspecified atom stereocenters. The van der Waals surface area contributed by atoms with Crippen molar-refractivity contribution in [3.63, 3.8) is 0 Å². The molecule has 0 bridgehead atoms. The topological polar surface area (TPSA) is 69.7 Å². The number of carbonyl (C=O) groups excluding carboxylic acids is 1. The number of pyridine rings is 1. The molecule has 1 N–H and O–H groups in total. The highest BCUT2D eigenvalue weighted by Gasteiger charge is 2.07. The molecule has 1 heterocycles. The van der Waals surface area contributed by atoms with E-state index in [1.165, 1.54) is 6.08 Å². The lowest BCUT2D eigenvalue weighted by molar-refractivity contribution is -0.111. The van der Waals surface area contributed by atoms with Crippen molar-refractivity contribution in [2.75, 3.05) is 25.1 Å². The summed E-state index contributed by atoms with van der Waals surface area (Å²) in [6.07, 6.45) is 6.52. The van der Waals surface area contributed by atoms with E-state index in [4.69, 9.17) is 14.2 Å². The van der Waals surface area contributed by atoms with Crippen molar-refractivity contribution in [2.45, 2.75) is 13.8 Å². The van der Waals surface area contributed by atoms with Crippen LogP contribution in [0.2, 0.25) is 0 Å². The molecule has 0 aliphatic heterocycles. The molecule has 1 aromatic heterocycles. The molecule has 3 aromatic rings. The number of para-hydroxylation sites is 1. The van der Waals surface area contributed by atoms with Crippen LogP contribution < -0.4 is 19.5 Å². The highest BCUT2D eigenvalue weighted by molar-refractivity contribution is 6.02. The van der Waals surface area contributed by atoms with Crippen LogP contribution in [0.3, 0.4) is 0 Å². The van der Waals surface area contributed by atoms with Crippen molar-refractivity contribution in [2.24, 2.45) is 0 Å². The van der Waals surface area contributed by atoms with Crippen LogP contribution in [0.15, 0.2) is 73.1 Å². The van der Waals surface area contributed by atoms with Gasteiger partial charge in [-0.25, -0.2) is 0 Å². The number of anilines is 1. The summed E-state index contributed by atoms with van der Waals surface area (Å²) in [7, 11) is 0. The zero-order valence-corrected chi connectivity index (χ0v) is 17.7. The summed E-state index contributed by atoms with van der Waals surface area (Å²) in [6, 6.07) is 17.0. The fraction of sp³-hybridized carbons (Fsp3) is 0.200. The van der Waals surface area contributed by atoms with Crippen molar-refractivity contribution in [1.29, 1.82) is 0 Å². The number of aryl methyl sites for hydroxylation is 1. The lowest BCUT2D eigenvalue weighted by atomic mass is 10.2. The molecule has 160 valence electrons. The summed E-state index contributed by atoms with van der Waals surface area (Å²) in [5, 5.41) is 2.82. The number of aromatic nitrogens is 1. The van der Waals surface area contributed by atoms with Gasteiger partial charge < -0.3 is 19.5 Å². The summed E-state index contributed by atoms with van der Waals surface area (Å²) >= 11 is 0. The Morgan fingerprint density at radius 3 is 2.58 bits per heavy atom. The minimum absolute atomic E-state index is 0.229. The maximum Gasteiger partial charge on any atom is 0.248 e. The normalized spacial score (nSPS) is 10.6. The van der Waals surface area contributed by atoms with E-state index in [2.05, 4.69) is 10.3 Å². The van der Waals surface area contributed by atoms with Crippen LogP contribution in [0.4, 0.5) is 5.69 Å². The molecule has 0 aliphatic rings. The summed E-state index contributed by atoms with van der Waals surface area (Å²) < 4.78 is 17.2. The smallest absolute Gasteiger partial charge is 0.248 e. The van der Waals surface area contributed by atoms with E-state index >= 15 is 0 Å². The van der Waals surface area contributed by atoms with Gasteiger partial charge in [-0.15, -0.1) is 0 Å². The monoisotopic (exact) mass is 418 g/mol. The molecule has 1 amide bonds. The Balaban J connectivity index is 1.57. The van der Waals surface area contributed by atoms with Crippen LogP contribution >= 0.6 is 0 Å². The van der Waals surface area contributed by atoms with E-state index in [1.807, 2.05) is 68.4 Å². The number of ether oxygens (including phenoxy) is 3. The van der Waals surface area contributed by atoms with Crippen LogP contribution in [0.25, 0.3) is 6.08 Å². The predicted octanol–water partition coefficient (Wildman–Crippen LogP) is 4.90. The predicted molar refractivity (Wildman–Crippen MR) is 122 cm³/mol. The van der Waals surface area contributed by atoms with Crippen LogP contribution in [-0.4, -0.2) is 30.7 Å². The minimum Gasteiger partial charge on any atom is -0.490 e. The Kier molecular flexibility index (Phi) is 8.05. The molecule has 0 saturated carbocycles. The standard InChI is InChI=1S/C25H26N2O4/c1-3-29-24-17-20(10-12-25(28)27-22-18-26-14-13-19(22)2)9-11-23(24)31-16-15-30-21-7-5-4-6-8-21/h4-14,17-18H,3,15-16H2,1-2H3,(H,27,28)/b12-10+. The summed E-state index contributed by atoms with van der Waals surface area (Å²) in [4.78, 5) is 16.2. The molecule has 6 nitrogen and oxygen atoms in total. The lowest BCUT2D eigenvalue weighted by Gasteiger charge is -2.13. The Hall–Kier alpha value is -3.80. The largest absolute Gasteiger partial charge is 0.490 e. The minimum atomic E-state index is -0.229. The van der Waals surface area contributed by atoms with Crippen molar-refractivity contribution in [3.05, 3.63) is 84.2 Å². The number of hydrogen-bond donors (Lipinski definition) is 1. The second kappa shape index (κ2) is 11.4. The lowest BCUT2D eigenvalue weighted by Crippen LogP contribution is -2.10. The van der Waals surface area contributed by atoms with E-state index in [9.17, 15) is 4.79 Å². The number of benzene rings is 2. The molecule has 3 rings (SSSR count). The van der Waals surface area contributed by atoms with Gasteiger partial charge in [0.15, 0.2) is 11.5 Å². The average molecular weight is 418 g/mol. The van der Waals surface area contributed by atoms with Gasteiger partial charge in [-0.1, -0.05) is 24.3 Å². The second-order valence-corrected chi connectivity index (χ2v) is 6.66. The number of carbonyl (C=O) groups is 1. The molecule has 0 aliphatic carbocycles. The maximum atomic E-state index is 12.2. The van der Waals surface area contributed by atoms with E-state index in [1.54, 1.807) is 18.5 Å². The number of hydrogen-bond acceptors (Lipinski definition) is 5. The number of nitrogens with one attached hydrogen (secondary N) is 1. The van der Waals surface area contributed by atoms with E-state index in [0.717, 1.165) is 16.9 Å². The third-order valence-electron chi connectivity index (χ3n) is 4.34. The molecule has 0 atom stereocenters. The van der Waals surface area contributed by atoms with Gasteiger partial charge in [-0.3, -0.25) is 9.78 Å².